The Morgan fingerprint density at radius 3 is 2.26 bits per heavy atom. The predicted molar refractivity (Wildman–Crippen MR) is 68.3 cm³/mol. The van der Waals surface area contributed by atoms with Gasteiger partial charge in [-0.2, -0.15) is 0 Å². The van der Waals surface area contributed by atoms with E-state index in [1.54, 1.807) is 24.3 Å². The van der Waals surface area contributed by atoms with E-state index in [0.717, 1.165) is 0 Å². The van der Waals surface area contributed by atoms with Gasteiger partial charge in [0.05, 0.1) is 5.92 Å². The summed E-state index contributed by atoms with van der Waals surface area (Å²) in [5.41, 5.74) is 0.563. The summed E-state index contributed by atoms with van der Waals surface area (Å²) in [6.45, 7) is 0.777. The van der Waals surface area contributed by atoms with Crippen LogP contribution in [0.4, 0.5) is 0 Å². The summed E-state index contributed by atoms with van der Waals surface area (Å²) in [5.74, 6) is -1.54. The summed E-state index contributed by atoms with van der Waals surface area (Å²) < 4.78 is 0. The van der Waals surface area contributed by atoms with Crippen LogP contribution in [0.15, 0.2) is 30.3 Å². The zero-order valence-corrected chi connectivity index (χ0v) is 10.5. The molecule has 0 saturated carbocycles. The Balaban J connectivity index is 1.96. The summed E-state index contributed by atoms with van der Waals surface area (Å²) in [4.78, 5) is 24.5. The van der Waals surface area contributed by atoms with Gasteiger partial charge in [-0.05, 0) is 18.4 Å². The van der Waals surface area contributed by atoms with Crippen molar-refractivity contribution in [1.29, 1.82) is 0 Å². The largest absolute Gasteiger partial charge is 0.481 e. The second-order valence-corrected chi connectivity index (χ2v) is 4.75. The molecule has 102 valence electrons. The van der Waals surface area contributed by atoms with Gasteiger partial charge in [0.25, 0.3) is 5.91 Å². The van der Waals surface area contributed by atoms with Gasteiger partial charge < -0.3 is 15.1 Å². The van der Waals surface area contributed by atoms with Gasteiger partial charge in [-0.15, -0.1) is 0 Å². The number of benzene rings is 1. The fourth-order valence-electron chi connectivity index (χ4n) is 2.30. The summed E-state index contributed by atoms with van der Waals surface area (Å²) in [6, 6.07) is 8.75. The van der Waals surface area contributed by atoms with Crippen molar-refractivity contribution in [3.63, 3.8) is 0 Å². The Morgan fingerprint density at radius 1 is 1.16 bits per heavy atom. The maximum atomic E-state index is 12.1. The van der Waals surface area contributed by atoms with Gasteiger partial charge in [-0.1, -0.05) is 30.3 Å². The Morgan fingerprint density at radius 2 is 1.74 bits per heavy atom. The predicted octanol–water partition coefficient (Wildman–Crippen LogP) is 1.04. The van der Waals surface area contributed by atoms with E-state index < -0.39 is 12.1 Å². The van der Waals surface area contributed by atoms with Gasteiger partial charge in [-0.25, -0.2) is 0 Å². The number of aliphatic hydroxyl groups is 1. The van der Waals surface area contributed by atoms with Crippen molar-refractivity contribution >= 4 is 11.9 Å². The third-order valence-electron chi connectivity index (χ3n) is 3.51. The molecule has 1 atom stereocenters. The molecular formula is C14H17NO4. The first-order valence-corrected chi connectivity index (χ1v) is 6.34. The van der Waals surface area contributed by atoms with Gasteiger partial charge in [0, 0.05) is 13.1 Å². The van der Waals surface area contributed by atoms with E-state index >= 15 is 0 Å². The molecule has 0 spiro atoms. The van der Waals surface area contributed by atoms with Crippen LogP contribution in [0.2, 0.25) is 0 Å². The highest BCUT2D eigenvalue weighted by Crippen LogP contribution is 2.21. The fourth-order valence-corrected chi connectivity index (χ4v) is 2.30. The zero-order valence-electron chi connectivity index (χ0n) is 10.5. The van der Waals surface area contributed by atoms with Crippen molar-refractivity contribution in [1.82, 2.24) is 4.90 Å². The summed E-state index contributed by atoms with van der Waals surface area (Å²) in [7, 11) is 0. The molecule has 1 heterocycles. The molecule has 1 aliphatic heterocycles. The number of likely N-dealkylation sites (tertiary alicyclic amines) is 1. The van der Waals surface area contributed by atoms with E-state index in [1.165, 1.54) is 4.90 Å². The molecule has 5 nitrogen and oxygen atoms in total. The molecule has 0 bridgehead atoms. The highest BCUT2D eigenvalue weighted by atomic mass is 16.4. The number of aliphatic carboxylic acids is 1. The van der Waals surface area contributed by atoms with Crippen molar-refractivity contribution in [3.8, 4) is 0 Å². The highest BCUT2D eigenvalue weighted by molar-refractivity contribution is 5.82. The first-order chi connectivity index (χ1) is 9.09. The second kappa shape index (κ2) is 5.84. The lowest BCUT2D eigenvalue weighted by molar-refractivity contribution is -0.148. The number of hydrogen-bond donors (Lipinski definition) is 2. The van der Waals surface area contributed by atoms with Crippen LogP contribution in [-0.2, 0) is 9.59 Å². The van der Waals surface area contributed by atoms with Crippen LogP contribution >= 0.6 is 0 Å². The number of hydrogen-bond acceptors (Lipinski definition) is 3. The molecule has 1 saturated heterocycles. The maximum Gasteiger partial charge on any atom is 0.306 e. The van der Waals surface area contributed by atoms with E-state index in [9.17, 15) is 14.7 Å². The highest BCUT2D eigenvalue weighted by Gasteiger charge is 2.30. The van der Waals surface area contributed by atoms with Crippen LogP contribution in [0.1, 0.15) is 24.5 Å². The molecule has 2 N–H and O–H groups in total. The standard InChI is InChI=1S/C14H17NO4/c16-12(10-4-2-1-3-5-10)13(17)15-8-6-11(7-9-15)14(18)19/h1-5,11-12,16H,6-9H2,(H,18,19)/t12-/m0/s1. The van der Waals surface area contributed by atoms with Crippen LogP contribution in [0.25, 0.3) is 0 Å². The molecule has 1 aromatic rings. The van der Waals surface area contributed by atoms with E-state index in [2.05, 4.69) is 0 Å². The van der Waals surface area contributed by atoms with Gasteiger partial charge in [0.15, 0.2) is 6.10 Å². The number of nitrogens with zero attached hydrogens (tertiary/aromatic N) is 1. The maximum absolute atomic E-state index is 12.1. The lowest BCUT2D eigenvalue weighted by atomic mass is 9.96. The Labute approximate surface area is 111 Å². The molecule has 0 unspecified atom stereocenters. The average Bonchev–Trinajstić information content (AvgIpc) is 2.46. The minimum Gasteiger partial charge on any atom is -0.481 e. The molecule has 1 aromatic carbocycles. The van der Waals surface area contributed by atoms with Gasteiger partial charge >= 0.3 is 5.97 Å². The van der Waals surface area contributed by atoms with E-state index in [-0.39, 0.29) is 11.8 Å². The Bertz CT molecular complexity index is 452. The van der Waals surface area contributed by atoms with Gasteiger partial charge in [-0.3, -0.25) is 9.59 Å². The molecule has 1 fully saturated rings. The third kappa shape index (κ3) is 3.12. The van der Waals surface area contributed by atoms with Crippen LogP contribution in [-0.4, -0.2) is 40.1 Å². The molecule has 1 amide bonds. The number of carbonyl (C=O) groups excluding carboxylic acids is 1. The molecule has 0 aliphatic carbocycles. The smallest absolute Gasteiger partial charge is 0.306 e. The molecule has 5 heteroatoms. The van der Waals surface area contributed by atoms with Crippen molar-refractivity contribution in [2.24, 2.45) is 5.92 Å². The third-order valence-corrected chi connectivity index (χ3v) is 3.51. The second-order valence-electron chi connectivity index (χ2n) is 4.75. The molecule has 2 rings (SSSR count). The van der Waals surface area contributed by atoms with Crippen molar-refractivity contribution in [2.45, 2.75) is 18.9 Å². The first-order valence-electron chi connectivity index (χ1n) is 6.34. The monoisotopic (exact) mass is 263 g/mol. The lowest BCUT2D eigenvalue weighted by Gasteiger charge is -2.31. The van der Waals surface area contributed by atoms with Crippen molar-refractivity contribution < 1.29 is 19.8 Å². The topological polar surface area (TPSA) is 77.8 Å². The number of aliphatic hydroxyl groups excluding tert-OH is 1. The average molecular weight is 263 g/mol. The van der Waals surface area contributed by atoms with Gasteiger partial charge in [0.1, 0.15) is 0 Å². The van der Waals surface area contributed by atoms with Crippen molar-refractivity contribution in [2.75, 3.05) is 13.1 Å². The number of amides is 1. The Hall–Kier alpha value is -1.88. The lowest BCUT2D eigenvalue weighted by Crippen LogP contribution is -2.42. The molecule has 0 radical (unpaired) electrons. The molecule has 1 aliphatic rings. The number of carboxylic acid groups (broad SMARTS) is 1. The van der Waals surface area contributed by atoms with E-state index in [4.69, 9.17) is 5.11 Å². The SMILES string of the molecule is O=C(O)C1CCN(C(=O)[C@@H](O)c2ccccc2)CC1. The van der Waals surface area contributed by atoms with Crippen LogP contribution in [0.3, 0.4) is 0 Å². The summed E-state index contributed by atoms with van der Waals surface area (Å²) >= 11 is 0. The number of carbonyl (C=O) groups is 2. The Kier molecular flexibility index (Phi) is 4.16. The number of carboxylic acids is 1. The summed E-state index contributed by atoms with van der Waals surface area (Å²) in [5, 5.41) is 18.9. The number of piperidine rings is 1. The van der Waals surface area contributed by atoms with Gasteiger partial charge in [0.2, 0.25) is 0 Å². The van der Waals surface area contributed by atoms with Crippen molar-refractivity contribution in [3.05, 3.63) is 35.9 Å². The molecular weight excluding hydrogens is 246 g/mol. The van der Waals surface area contributed by atoms with E-state index in [1.807, 2.05) is 6.07 Å². The minimum atomic E-state index is -1.16. The van der Waals surface area contributed by atoms with E-state index in [0.29, 0.717) is 31.5 Å². The van der Waals surface area contributed by atoms with Crippen LogP contribution in [0, 0.1) is 5.92 Å². The van der Waals surface area contributed by atoms with Crippen LogP contribution < -0.4 is 0 Å². The quantitative estimate of drug-likeness (QED) is 0.854. The normalized spacial score (nSPS) is 18.1. The zero-order chi connectivity index (χ0) is 13.8. The van der Waals surface area contributed by atoms with Crippen LogP contribution in [0.5, 0.6) is 0 Å². The number of rotatable bonds is 3. The first kappa shape index (κ1) is 13.5. The summed E-state index contributed by atoms with van der Waals surface area (Å²) in [6.07, 6.45) is -0.270. The molecule has 0 aromatic heterocycles. The fraction of sp³-hybridized carbons (Fsp3) is 0.429. The minimum absolute atomic E-state index is 0.352. The molecule has 19 heavy (non-hydrogen) atoms.